The van der Waals surface area contributed by atoms with E-state index in [-0.39, 0.29) is 18.6 Å². The van der Waals surface area contributed by atoms with Crippen molar-refractivity contribution in [2.24, 2.45) is 5.92 Å². The van der Waals surface area contributed by atoms with E-state index in [1.54, 1.807) is 12.1 Å². The number of hydrogen-bond donors (Lipinski definition) is 3. The van der Waals surface area contributed by atoms with Crippen LogP contribution >= 0.6 is 0 Å². The van der Waals surface area contributed by atoms with Crippen molar-refractivity contribution in [1.29, 1.82) is 0 Å². The van der Waals surface area contributed by atoms with Gasteiger partial charge in [-0.25, -0.2) is 4.79 Å². The number of hydrogen-bond acceptors (Lipinski definition) is 4. The van der Waals surface area contributed by atoms with Gasteiger partial charge in [0.2, 0.25) is 0 Å². The predicted octanol–water partition coefficient (Wildman–Crippen LogP) is 2.27. The van der Waals surface area contributed by atoms with Gasteiger partial charge in [0.15, 0.2) is 0 Å². The molecule has 6 heteroatoms. The van der Waals surface area contributed by atoms with Crippen LogP contribution in [0.4, 0.5) is 4.79 Å². The minimum absolute atomic E-state index is 0.133. The summed E-state index contributed by atoms with van der Waals surface area (Å²) in [4.78, 5) is 14.7. The third-order valence-electron chi connectivity index (χ3n) is 5.47. The summed E-state index contributed by atoms with van der Waals surface area (Å²) in [6, 6.07) is 4.10. The first-order chi connectivity index (χ1) is 11.6. The van der Waals surface area contributed by atoms with Crippen LogP contribution in [0.5, 0.6) is 0 Å². The molecule has 1 aromatic heterocycles. The van der Waals surface area contributed by atoms with E-state index in [9.17, 15) is 9.90 Å². The topological polar surface area (TPSA) is 77.7 Å². The standard InChI is InChI=1S/C18H29N3O3/c1-13(14-5-3-9-21(12-14)15-6-2-7-15)20-18(23)19-11-16(22)17-8-4-10-24-17/h4,8,10,13-16,22H,2-3,5-7,9,11-12H2,1H3,(H2,19,20,23). The average Bonchev–Trinajstić information content (AvgIpc) is 3.05. The van der Waals surface area contributed by atoms with Crippen molar-refractivity contribution in [2.45, 2.75) is 57.2 Å². The number of nitrogens with zero attached hydrogens (tertiary/aromatic N) is 1. The van der Waals surface area contributed by atoms with Gasteiger partial charge in [0, 0.05) is 18.6 Å². The molecule has 24 heavy (non-hydrogen) atoms. The third-order valence-corrected chi connectivity index (χ3v) is 5.47. The molecule has 2 amide bonds. The summed E-state index contributed by atoms with van der Waals surface area (Å²) in [5, 5.41) is 15.7. The van der Waals surface area contributed by atoms with Crippen molar-refractivity contribution in [2.75, 3.05) is 19.6 Å². The molecule has 6 nitrogen and oxygen atoms in total. The van der Waals surface area contributed by atoms with Gasteiger partial charge in [-0.15, -0.1) is 0 Å². The zero-order valence-electron chi connectivity index (χ0n) is 14.4. The second-order valence-corrected chi connectivity index (χ2v) is 7.16. The number of carbonyl (C=O) groups is 1. The number of aliphatic hydroxyl groups excluding tert-OH is 1. The number of nitrogens with one attached hydrogen (secondary N) is 2. The first-order valence-electron chi connectivity index (χ1n) is 9.13. The molecule has 2 fully saturated rings. The minimum Gasteiger partial charge on any atom is -0.467 e. The predicted molar refractivity (Wildman–Crippen MR) is 91.6 cm³/mol. The summed E-state index contributed by atoms with van der Waals surface area (Å²) < 4.78 is 5.13. The normalized spacial score (nSPS) is 24.8. The molecule has 0 bridgehead atoms. The molecule has 134 valence electrons. The van der Waals surface area contributed by atoms with E-state index >= 15 is 0 Å². The van der Waals surface area contributed by atoms with E-state index in [1.165, 1.54) is 44.9 Å². The Bertz CT molecular complexity index is 516. The summed E-state index contributed by atoms with van der Waals surface area (Å²) in [5.74, 6) is 0.965. The Labute approximate surface area is 143 Å². The molecule has 2 aliphatic rings. The highest BCUT2D eigenvalue weighted by atomic mass is 16.4. The number of furan rings is 1. The van der Waals surface area contributed by atoms with Crippen molar-refractivity contribution in [3.05, 3.63) is 24.2 Å². The first kappa shape index (κ1) is 17.3. The lowest BCUT2D eigenvalue weighted by Crippen LogP contribution is -2.52. The molecule has 0 aromatic carbocycles. The number of likely N-dealkylation sites (tertiary alicyclic amines) is 1. The quantitative estimate of drug-likeness (QED) is 0.745. The van der Waals surface area contributed by atoms with E-state index in [0.29, 0.717) is 11.7 Å². The summed E-state index contributed by atoms with van der Waals surface area (Å²) in [7, 11) is 0. The van der Waals surface area contributed by atoms with Gasteiger partial charge in [0.25, 0.3) is 0 Å². The molecule has 0 radical (unpaired) electrons. The van der Waals surface area contributed by atoms with Crippen LogP contribution in [0.15, 0.2) is 22.8 Å². The van der Waals surface area contributed by atoms with Crippen molar-refractivity contribution in [1.82, 2.24) is 15.5 Å². The van der Waals surface area contributed by atoms with E-state index in [1.807, 2.05) is 0 Å². The molecule has 1 saturated carbocycles. The van der Waals surface area contributed by atoms with Gasteiger partial charge in [-0.1, -0.05) is 6.42 Å². The van der Waals surface area contributed by atoms with Gasteiger partial charge >= 0.3 is 6.03 Å². The molecule has 3 unspecified atom stereocenters. The van der Waals surface area contributed by atoms with Crippen LogP contribution in [0.1, 0.15) is 50.9 Å². The number of piperidine rings is 1. The Morgan fingerprint density at radius 1 is 1.42 bits per heavy atom. The third kappa shape index (κ3) is 4.30. The smallest absolute Gasteiger partial charge is 0.315 e. The zero-order valence-corrected chi connectivity index (χ0v) is 14.4. The maximum atomic E-state index is 12.1. The fourth-order valence-electron chi connectivity index (χ4n) is 3.68. The van der Waals surface area contributed by atoms with E-state index in [2.05, 4.69) is 22.5 Å². The van der Waals surface area contributed by atoms with Crippen LogP contribution in [-0.4, -0.2) is 47.8 Å². The van der Waals surface area contributed by atoms with Crippen molar-refractivity contribution in [3.63, 3.8) is 0 Å². The fourth-order valence-corrected chi connectivity index (χ4v) is 3.68. The summed E-state index contributed by atoms with van der Waals surface area (Å²) in [6.07, 6.45) is 7.10. The van der Waals surface area contributed by atoms with Crippen LogP contribution in [0.2, 0.25) is 0 Å². The first-order valence-corrected chi connectivity index (χ1v) is 9.13. The molecule has 3 rings (SSSR count). The molecular weight excluding hydrogens is 306 g/mol. The lowest BCUT2D eigenvalue weighted by molar-refractivity contribution is 0.0677. The van der Waals surface area contributed by atoms with Crippen molar-refractivity contribution < 1.29 is 14.3 Å². The molecule has 1 aliphatic heterocycles. The van der Waals surface area contributed by atoms with Gasteiger partial charge in [0.1, 0.15) is 11.9 Å². The second kappa shape index (κ2) is 8.03. The van der Waals surface area contributed by atoms with E-state index in [0.717, 1.165) is 12.6 Å². The Morgan fingerprint density at radius 3 is 2.92 bits per heavy atom. The summed E-state index contributed by atoms with van der Waals surface area (Å²) >= 11 is 0. The zero-order chi connectivity index (χ0) is 16.9. The minimum atomic E-state index is -0.815. The van der Waals surface area contributed by atoms with Crippen LogP contribution in [0.3, 0.4) is 0 Å². The van der Waals surface area contributed by atoms with E-state index < -0.39 is 6.10 Å². The number of carbonyl (C=O) groups excluding carboxylic acids is 1. The summed E-state index contributed by atoms with van der Waals surface area (Å²) in [5.41, 5.74) is 0. The SMILES string of the molecule is CC(NC(=O)NCC(O)c1ccco1)C1CCCN(C2CCC2)C1. The lowest BCUT2D eigenvalue weighted by atomic mass is 9.86. The molecule has 0 spiro atoms. The highest BCUT2D eigenvalue weighted by Gasteiger charge is 2.31. The summed E-state index contributed by atoms with van der Waals surface area (Å²) in [6.45, 7) is 4.51. The molecule has 1 saturated heterocycles. The molecule has 2 heterocycles. The molecule has 1 aromatic rings. The number of rotatable bonds is 6. The Hall–Kier alpha value is -1.53. The van der Waals surface area contributed by atoms with Gasteiger partial charge in [-0.3, -0.25) is 0 Å². The van der Waals surface area contributed by atoms with Crippen LogP contribution in [0.25, 0.3) is 0 Å². The highest BCUT2D eigenvalue weighted by Crippen LogP contribution is 2.30. The van der Waals surface area contributed by atoms with Crippen LogP contribution in [-0.2, 0) is 0 Å². The highest BCUT2D eigenvalue weighted by molar-refractivity contribution is 5.74. The maximum Gasteiger partial charge on any atom is 0.315 e. The second-order valence-electron chi connectivity index (χ2n) is 7.16. The average molecular weight is 335 g/mol. The van der Waals surface area contributed by atoms with Gasteiger partial charge in [-0.05, 0) is 57.2 Å². The van der Waals surface area contributed by atoms with E-state index in [4.69, 9.17) is 4.42 Å². The van der Waals surface area contributed by atoms with Crippen LogP contribution in [0, 0.1) is 5.92 Å². The number of aliphatic hydroxyl groups is 1. The Balaban J connectivity index is 1.40. The van der Waals surface area contributed by atoms with Crippen LogP contribution < -0.4 is 10.6 Å². The maximum absolute atomic E-state index is 12.1. The monoisotopic (exact) mass is 335 g/mol. The molecular formula is C18H29N3O3. The molecule has 3 N–H and O–H groups in total. The number of urea groups is 1. The van der Waals surface area contributed by atoms with Crippen molar-refractivity contribution in [3.8, 4) is 0 Å². The van der Waals surface area contributed by atoms with Gasteiger partial charge in [-0.2, -0.15) is 0 Å². The fraction of sp³-hybridized carbons (Fsp3) is 0.722. The largest absolute Gasteiger partial charge is 0.467 e. The lowest BCUT2D eigenvalue weighted by Gasteiger charge is -2.43. The van der Waals surface area contributed by atoms with Gasteiger partial charge < -0.3 is 25.1 Å². The number of amides is 2. The van der Waals surface area contributed by atoms with Crippen molar-refractivity contribution >= 4 is 6.03 Å². The van der Waals surface area contributed by atoms with Gasteiger partial charge in [0.05, 0.1) is 12.8 Å². The molecule has 1 aliphatic carbocycles. The Kier molecular flexibility index (Phi) is 5.79. The molecule has 3 atom stereocenters. The Morgan fingerprint density at radius 2 is 2.25 bits per heavy atom.